The van der Waals surface area contributed by atoms with E-state index in [1.54, 1.807) is 11.6 Å². The number of terminal acetylenes is 1. The lowest BCUT2D eigenvalue weighted by molar-refractivity contribution is 0.0946. The topological polar surface area (TPSA) is 70.7 Å². The van der Waals surface area contributed by atoms with Crippen LogP contribution in [0.15, 0.2) is 41.9 Å². The molecule has 6 heteroatoms. The minimum Gasteiger partial charge on any atom is -0.347 e. The van der Waals surface area contributed by atoms with Crippen molar-refractivity contribution in [3.63, 3.8) is 0 Å². The molecule has 0 spiro atoms. The van der Waals surface area contributed by atoms with Crippen LogP contribution in [0.4, 0.5) is 0 Å². The van der Waals surface area contributed by atoms with Gasteiger partial charge in [-0.1, -0.05) is 18.2 Å². The maximum absolute atomic E-state index is 12.0. The fourth-order valence-electron chi connectivity index (χ4n) is 1.98. The standard InChI is InChI=1S/C16H12N4OS/c1-2-15-19-14(10-22-15)16(21)17-9-11-4-3-5-12(8-11)13-6-7-18-20-13/h1,3-8,10H,9H2,(H,17,21)(H,18,20). The summed E-state index contributed by atoms with van der Waals surface area (Å²) in [6, 6.07) is 9.74. The molecule has 0 bridgehead atoms. The van der Waals surface area contributed by atoms with Crippen molar-refractivity contribution in [1.29, 1.82) is 0 Å². The second kappa shape index (κ2) is 6.24. The number of H-pyrrole nitrogens is 1. The van der Waals surface area contributed by atoms with Crippen molar-refractivity contribution < 1.29 is 4.79 Å². The highest BCUT2D eigenvalue weighted by Gasteiger charge is 2.10. The summed E-state index contributed by atoms with van der Waals surface area (Å²) in [5, 5.41) is 11.9. The van der Waals surface area contributed by atoms with E-state index in [0.717, 1.165) is 16.8 Å². The zero-order valence-electron chi connectivity index (χ0n) is 11.5. The third-order valence-electron chi connectivity index (χ3n) is 3.04. The van der Waals surface area contributed by atoms with E-state index in [1.807, 2.05) is 30.3 Å². The van der Waals surface area contributed by atoms with Crippen LogP contribution >= 0.6 is 11.3 Å². The molecule has 22 heavy (non-hydrogen) atoms. The molecule has 1 amide bonds. The Hall–Kier alpha value is -2.91. The molecule has 0 saturated heterocycles. The second-order valence-electron chi connectivity index (χ2n) is 4.52. The third kappa shape index (κ3) is 3.05. The molecule has 0 unspecified atom stereocenters. The quantitative estimate of drug-likeness (QED) is 0.727. The molecule has 0 aliphatic rings. The van der Waals surface area contributed by atoms with E-state index >= 15 is 0 Å². The summed E-state index contributed by atoms with van der Waals surface area (Å²) in [7, 11) is 0. The van der Waals surface area contributed by atoms with Crippen molar-refractivity contribution in [2.24, 2.45) is 0 Å². The Morgan fingerprint density at radius 3 is 3.05 bits per heavy atom. The average molecular weight is 308 g/mol. The molecule has 2 N–H and O–H groups in total. The minimum absolute atomic E-state index is 0.233. The highest BCUT2D eigenvalue weighted by Crippen LogP contribution is 2.17. The van der Waals surface area contributed by atoms with Gasteiger partial charge in [0.15, 0.2) is 5.01 Å². The van der Waals surface area contributed by atoms with Crippen molar-refractivity contribution in [2.45, 2.75) is 6.54 Å². The van der Waals surface area contributed by atoms with Gasteiger partial charge in [-0.25, -0.2) is 4.98 Å². The van der Waals surface area contributed by atoms with Gasteiger partial charge in [0, 0.05) is 23.7 Å². The number of benzene rings is 1. The molecule has 0 aliphatic carbocycles. The van der Waals surface area contributed by atoms with Crippen molar-refractivity contribution in [2.75, 3.05) is 0 Å². The van der Waals surface area contributed by atoms with Gasteiger partial charge in [-0.3, -0.25) is 9.89 Å². The lowest BCUT2D eigenvalue weighted by Crippen LogP contribution is -2.23. The van der Waals surface area contributed by atoms with E-state index in [2.05, 4.69) is 26.4 Å². The first-order chi connectivity index (χ1) is 10.8. The molecule has 0 saturated carbocycles. The number of hydrogen-bond donors (Lipinski definition) is 2. The number of carbonyl (C=O) groups is 1. The molecule has 3 rings (SSSR count). The Bertz CT molecular complexity index is 830. The molecule has 2 heterocycles. The summed E-state index contributed by atoms with van der Waals surface area (Å²) in [6.07, 6.45) is 7.02. The van der Waals surface area contributed by atoms with Crippen LogP contribution in [0.1, 0.15) is 21.1 Å². The first kappa shape index (κ1) is 14.0. The number of rotatable bonds is 4. The molecule has 5 nitrogen and oxygen atoms in total. The van der Waals surface area contributed by atoms with Gasteiger partial charge < -0.3 is 5.32 Å². The minimum atomic E-state index is -0.233. The number of hydrogen-bond acceptors (Lipinski definition) is 4. The van der Waals surface area contributed by atoms with Crippen LogP contribution in [0.25, 0.3) is 11.3 Å². The van der Waals surface area contributed by atoms with Crippen molar-refractivity contribution in [3.8, 4) is 23.6 Å². The maximum atomic E-state index is 12.0. The van der Waals surface area contributed by atoms with Crippen molar-refractivity contribution in [1.82, 2.24) is 20.5 Å². The highest BCUT2D eigenvalue weighted by molar-refractivity contribution is 7.10. The highest BCUT2D eigenvalue weighted by atomic mass is 32.1. The maximum Gasteiger partial charge on any atom is 0.271 e. The molecule has 0 radical (unpaired) electrons. The van der Waals surface area contributed by atoms with Gasteiger partial charge in [0.25, 0.3) is 5.91 Å². The number of thiazole rings is 1. The monoisotopic (exact) mass is 308 g/mol. The second-order valence-corrected chi connectivity index (χ2v) is 5.38. The fourth-order valence-corrected chi connectivity index (χ4v) is 2.58. The number of amides is 1. The molecule has 0 aliphatic heterocycles. The Balaban J connectivity index is 1.68. The molecule has 108 valence electrons. The first-order valence-electron chi connectivity index (χ1n) is 6.55. The summed E-state index contributed by atoms with van der Waals surface area (Å²) < 4.78 is 0. The Kier molecular flexibility index (Phi) is 3.99. The molecule has 3 aromatic rings. The van der Waals surface area contributed by atoms with Crippen LogP contribution in [0.2, 0.25) is 0 Å². The summed E-state index contributed by atoms with van der Waals surface area (Å²) in [5.74, 6) is 2.18. The third-order valence-corrected chi connectivity index (χ3v) is 3.81. The van der Waals surface area contributed by atoms with E-state index in [1.165, 1.54) is 11.3 Å². The van der Waals surface area contributed by atoms with E-state index in [4.69, 9.17) is 6.42 Å². The van der Waals surface area contributed by atoms with Crippen LogP contribution in [-0.4, -0.2) is 21.1 Å². The largest absolute Gasteiger partial charge is 0.347 e. The number of nitrogens with one attached hydrogen (secondary N) is 2. The molecular weight excluding hydrogens is 296 g/mol. The zero-order chi connectivity index (χ0) is 15.4. The smallest absolute Gasteiger partial charge is 0.271 e. The summed E-state index contributed by atoms with van der Waals surface area (Å²) in [5.41, 5.74) is 3.20. The Morgan fingerprint density at radius 2 is 2.32 bits per heavy atom. The summed E-state index contributed by atoms with van der Waals surface area (Å²) in [6.45, 7) is 0.417. The van der Waals surface area contributed by atoms with Gasteiger partial charge in [0.1, 0.15) is 5.69 Å². The van der Waals surface area contributed by atoms with Gasteiger partial charge in [0.05, 0.1) is 5.69 Å². The molecule has 0 fully saturated rings. The van der Waals surface area contributed by atoms with Crippen LogP contribution in [-0.2, 0) is 6.54 Å². The lowest BCUT2D eigenvalue weighted by atomic mass is 10.1. The lowest BCUT2D eigenvalue weighted by Gasteiger charge is -2.05. The van der Waals surface area contributed by atoms with Gasteiger partial charge in [-0.2, -0.15) is 5.10 Å². The van der Waals surface area contributed by atoms with E-state index in [0.29, 0.717) is 17.2 Å². The van der Waals surface area contributed by atoms with E-state index in [9.17, 15) is 4.79 Å². The Labute approximate surface area is 131 Å². The number of aromatic amines is 1. The number of nitrogens with zero attached hydrogens (tertiary/aromatic N) is 2. The predicted octanol–water partition coefficient (Wildman–Crippen LogP) is 2.44. The average Bonchev–Trinajstić information content (AvgIpc) is 3.24. The molecule has 0 atom stereocenters. The van der Waals surface area contributed by atoms with Crippen molar-refractivity contribution in [3.05, 3.63) is 58.2 Å². The van der Waals surface area contributed by atoms with Gasteiger partial charge >= 0.3 is 0 Å². The fraction of sp³-hybridized carbons (Fsp3) is 0.0625. The van der Waals surface area contributed by atoms with Crippen LogP contribution in [0.5, 0.6) is 0 Å². The van der Waals surface area contributed by atoms with Crippen LogP contribution in [0.3, 0.4) is 0 Å². The summed E-state index contributed by atoms with van der Waals surface area (Å²) in [4.78, 5) is 16.1. The molecule has 1 aromatic carbocycles. The first-order valence-corrected chi connectivity index (χ1v) is 7.43. The summed E-state index contributed by atoms with van der Waals surface area (Å²) >= 11 is 1.28. The van der Waals surface area contributed by atoms with Gasteiger partial charge in [-0.15, -0.1) is 17.8 Å². The SMILES string of the molecule is C#Cc1nc(C(=O)NCc2cccc(-c3cc[nH]n3)c2)cs1. The zero-order valence-corrected chi connectivity index (χ0v) is 12.4. The van der Waals surface area contributed by atoms with Crippen LogP contribution in [0, 0.1) is 12.3 Å². The van der Waals surface area contributed by atoms with Crippen molar-refractivity contribution >= 4 is 17.2 Å². The van der Waals surface area contributed by atoms with E-state index in [-0.39, 0.29) is 5.91 Å². The molecule has 2 aromatic heterocycles. The normalized spacial score (nSPS) is 10.1. The van der Waals surface area contributed by atoms with E-state index < -0.39 is 0 Å². The molecular formula is C16H12N4OS. The van der Waals surface area contributed by atoms with Gasteiger partial charge in [0.2, 0.25) is 0 Å². The number of carbonyl (C=O) groups excluding carboxylic acids is 1. The number of aromatic nitrogens is 3. The predicted molar refractivity (Wildman–Crippen MR) is 85.2 cm³/mol. The Morgan fingerprint density at radius 1 is 1.41 bits per heavy atom. The van der Waals surface area contributed by atoms with Gasteiger partial charge in [-0.05, 0) is 23.6 Å². The van der Waals surface area contributed by atoms with Crippen LogP contribution < -0.4 is 5.32 Å².